The zero-order chi connectivity index (χ0) is 16.8. The summed E-state index contributed by atoms with van der Waals surface area (Å²) in [6.07, 6.45) is 0. The summed E-state index contributed by atoms with van der Waals surface area (Å²) >= 11 is 0. The number of rotatable bonds is 3. The smallest absolute Gasteiger partial charge is 0.254 e. The van der Waals surface area contributed by atoms with Crippen LogP contribution in [0, 0.1) is 0 Å². The van der Waals surface area contributed by atoms with Crippen molar-refractivity contribution in [1.29, 1.82) is 0 Å². The van der Waals surface area contributed by atoms with Crippen LogP contribution in [0.2, 0.25) is 0 Å². The van der Waals surface area contributed by atoms with Crippen molar-refractivity contribution < 1.29 is 9.59 Å². The van der Waals surface area contributed by atoms with Crippen LogP contribution in [-0.4, -0.2) is 34.7 Å². The average Bonchev–Trinajstić information content (AvgIpc) is 3.06. The van der Waals surface area contributed by atoms with Crippen LogP contribution in [0.5, 0.6) is 0 Å². The van der Waals surface area contributed by atoms with E-state index in [1.54, 1.807) is 0 Å². The van der Waals surface area contributed by atoms with E-state index in [4.69, 9.17) is 0 Å². The van der Waals surface area contributed by atoms with Crippen LogP contribution < -0.4 is 0 Å². The number of nitrogens with zero attached hydrogens (tertiary/aromatic N) is 2. The summed E-state index contributed by atoms with van der Waals surface area (Å²) in [7, 11) is 0. The molecular weight excluding hydrogens is 300 g/mol. The van der Waals surface area contributed by atoms with Crippen molar-refractivity contribution in [3.63, 3.8) is 0 Å². The molecule has 24 heavy (non-hydrogen) atoms. The van der Waals surface area contributed by atoms with Gasteiger partial charge in [0.25, 0.3) is 11.8 Å². The summed E-state index contributed by atoms with van der Waals surface area (Å²) in [5, 5.41) is 0. The normalized spacial score (nSPS) is 22.1. The maximum absolute atomic E-state index is 12.8. The highest BCUT2D eigenvalue weighted by Crippen LogP contribution is 2.48. The van der Waals surface area contributed by atoms with E-state index in [0.717, 1.165) is 22.3 Å². The highest BCUT2D eigenvalue weighted by atomic mass is 16.2. The fraction of sp³-hybridized carbons (Fsp3) is 0.300. The van der Waals surface area contributed by atoms with E-state index in [-0.39, 0.29) is 23.9 Å². The zero-order valence-electron chi connectivity index (χ0n) is 13.9. The maximum atomic E-state index is 12.8. The lowest BCUT2D eigenvalue weighted by Gasteiger charge is -2.35. The number of fused-ring (bicyclic) bond motifs is 2. The van der Waals surface area contributed by atoms with Gasteiger partial charge in [-0.25, -0.2) is 0 Å². The van der Waals surface area contributed by atoms with Crippen molar-refractivity contribution in [3.05, 3.63) is 70.8 Å². The number of hydrogen-bond donors (Lipinski definition) is 0. The van der Waals surface area contributed by atoms with Gasteiger partial charge in [-0.1, -0.05) is 36.4 Å². The first-order chi connectivity index (χ1) is 11.7. The topological polar surface area (TPSA) is 40.6 Å². The number of carbonyl (C=O) groups is 2. The van der Waals surface area contributed by atoms with Crippen LogP contribution in [0.1, 0.15) is 57.8 Å². The van der Waals surface area contributed by atoms with Gasteiger partial charge in [0.2, 0.25) is 0 Å². The molecule has 0 saturated carbocycles. The van der Waals surface area contributed by atoms with Crippen LogP contribution in [0.25, 0.3) is 0 Å². The molecule has 4 nitrogen and oxygen atoms in total. The van der Waals surface area contributed by atoms with Crippen LogP contribution >= 0.6 is 0 Å². The molecule has 2 unspecified atom stereocenters. The number of amides is 2. The lowest BCUT2D eigenvalue weighted by atomic mass is 9.92. The van der Waals surface area contributed by atoms with E-state index in [0.29, 0.717) is 13.1 Å². The molecule has 0 spiro atoms. The van der Waals surface area contributed by atoms with Gasteiger partial charge in [-0.3, -0.25) is 9.59 Å². The number of carbonyl (C=O) groups excluding carboxylic acids is 2. The third-order valence-electron chi connectivity index (χ3n) is 5.19. The highest BCUT2D eigenvalue weighted by molar-refractivity contribution is 6.02. The fourth-order valence-corrected chi connectivity index (χ4v) is 4.16. The second-order valence-corrected chi connectivity index (χ2v) is 6.25. The summed E-state index contributed by atoms with van der Waals surface area (Å²) < 4.78 is 0. The molecule has 0 aromatic heterocycles. The zero-order valence-corrected chi connectivity index (χ0v) is 13.9. The lowest BCUT2D eigenvalue weighted by Crippen LogP contribution is -2.38. The third-order valence-corrected chi connectivity index (χ3v) is 5.19. The molecule has 2 aliphatic rings. The van der Waals surface area contributed by atoms with E-state index in [1.165, 1.54) is 0 Å². The van der Waals surface area contributed by atoms with Crippen molar-refractivity contribution in [3.8, 4) is 0 Å². The molecule has 0 saturated heterocycles. The van der Waals surface area contributed by atoms with Crippen LogP contribution in [-0.2, 0) is 0 Å². The van der Waals surface area contributed by atoms with Gasteiger partial charge in [0, 0.05) is 24.2 Å². The molecule has 0 fully saturated rings. The average molecular weight is 320 g/mol. The maximum Gasteiger partial charge on any atom is 0.254 e. The lowest BCUT2D eigenvalue weighted by molar-refractivity contribution is 0.0519. The first-order valence-corrected chi connectivity index (χ1v) is 8.48. The fourth-order valence-electron chi connectivity index (χ4n) is 4.16. The number of hydrogen-bond acceptors (Lipinski definition) is 2. The molecule has 4 rings (SSSR count). The molecule has 2 amide bonds. The molecule has 0 bridgehead atoms. The van der Waals surface area contributed by atoms with E-state index in [9.17, 15) is 9.59 Å². The van der Waals surface area contributed by atoms with Crippen LogP contribution in [0.15, 0.2) is 48.5 Å². The minimum absolute atomic E-state index is 0.0611. The van der Waals surface area contributed by atoms with Gasteiger partial charge in [0.1, 0.15) is 0 Å². The van der Waals surface area contributed by atoms with Gasteiger partial charge in [-0.2, -0.15) is 0 Å². The molecule has 4 heteroatoms. The predicted molar refractivity (Wildman–Crippen MR) is 91.8 cm³/mol. The molecule has 0 N–H and O–H groups in total. The second kappa shape index (κ2) is 5.48. The molecular formula is C20H20N2O2. The Kier molecular flexibility index (Phi) is 3.41. The van der Waals surface area contributed by atoms with E-state index in [2.05, 4.69) is 0 Å². The first-order valence-electron chi connectivity index (χ1n) is 8.48. The summed E-state index contributed by atoms with van der Waals surface area (Å²) in [4.78, 5) is 29.4. The second-order valence-electron chi connectivity index (χ2n) is 6.25. The molecule has 2 aliphatic heterocycles. The SMILES string of the molecule is CCN1C(=O)c2ccccc2C1C1c2ccccc2C(=O)N1CC. The predicted octanol–water partition coefficient (Wildman–Crippen LogP) is 3.42. The number of likely N-dealkylation sites (N-methyl/N-ethyl adjacent to an activating group) is 2. The van der Waals surface area contributed by atoms with Crippen LogP contribution in [0.3, 0.4) is 0 Å². The van der Waals surface area contributed by atoms with Crippen molar-refractivity contribution >= 4 is 11.8 Å². The molecule has 2 aromatic carbocycles. The van der Waals surface area contributed by atoms with Crippen molar-refractivity contribution in [2.45, 2.75) is 25.9 Å². The minimum atomic E-state index is -0.119. The van der Waals surface area contributed by atoms with Gasteiger partial charge in [0.05, 0.1) is 12.1 Å². The van der Waals surface area contributed by atoms with Crippen molar-refractivity contribution in [2.24, 2.45) is 0 Å². The Bertz CT molecular complexity index is 760. The van der Waals surface area contributed by atoms with Gasteiger partial charge in [-0.05, 0) is 37.1 Å². The molecule has 2 aromatic rings. The van der Waals surface area contributed by atoms with E-state index >= 15 is 0 Å². The summed E-state index contributed by atoms with van der Waals surface area (Å²) in [5.74, 6) is 0.122. The first kappa shape index (κ1) is 14.9. The minimum Gasteiger partial charge on any atom is -0.329 e. The van der Waals surface area contributed by atoms with Gasteiger partial charge < -0.3 is 9.80 Å². The summed E-state index contributed by atoms with van der Waals surface area (Å²) in [6, 6.07) is 15.3. The quantitative estimate of drug-likeness (QED) is 0.869. The molecule has 2 heterocycles. The standard InChI is InChI=1S/C20H20N2O2/c1-3-21-17(13-9-5-7-11-15(13)19(21)23)18-14-10-6-8-12-16(14)20(24)22(18)4-2/h5-12,17-18H,3-4H2,1-2H3. The Morgan fingerprint density at radius 3 is 1.46 bits per heavy atom. The monoisotopic (exact) mass is 320 g/mol. The van der Waals surface area contributed by atoms with E-state index in [1.807, 2.05) is 72.2 Å². The molecule has 2 atom stereocenters. The van der Waals surface area contributed by atoms with Crippen molar-refractivity contribution in [2.75, 3.05) is 13.1 Å². The molecule has 0 radical (unpaired) electrons. The summed E-state index contributed by atoms with van der Waals surface area (Å²) in [6.45, 7) is 5.25. The third kappa shape index (κ3) is 1.86. The Labute approximate surface area is 141 Å². The Morgan fingerprint density at radius 2 is 1.08 bits per heavy atom. The van der Waals surface area contributed by atoms with Gasteiger partial charge in [0.15, 0.2) is 0 Å². The van der Waals surface area contributed by atoms with Crippen molar-refractivity contribution in [1.82, 2.24) is 9.80 Å². The largest absolute Gasteiger partial charge is 0.329 e. The van der Waals surface area contributed by atoms with Crippen LogP contribution in [0.4, 0.5) is 0 Å². The Morgan fingerprint density at radius 1 is 0.708 bits per heavy atom. The van der Waals surface area contributed by atoms with Gasteiger partial charge in [-0.15, -0.1) is 0 Å². The Balaban J connectivity index is 1.91. The van der Waals surface area contributed by atoms with Gasteiger partial charge >= 0.3 is 0 Å². The molecule has 122 valence electrons. The summed E-state index contributed by atoms with van der Waals surface area (Å²) in [5.41, 5.74) is 3.57. The van der Waals surface area contributed by atoms with E-state index < -0.39 is 0 Å². The molecule has 0 aliphatic carbocycles. The Hall–Kier alpha value is -2.62. The number of benzene rings is 2. The highest BCUT2D eigenvalue weighted by Gasteiger charge is 2.48.